The maximum Gasteiger partial charge on any atom is 0.393 e. The normalized spacial score (nSPS) is 14.7. The van der Waals surface area contributed by atoms with E-state index < -0.39 is 19.3 Å². The smallest absolute Gasteiger partial charge is 0.393 e. The molecule has 2 aromatic carbocycles. The van der Waals surface area contributed by atoms with E-state index in [1.165, 1.54) is 24.3 Å². The maximum atomic E-state index is 12.2. The highest BCUT2D eigenvalue weighted by Crippen LogP contribution is 2.47. The van der Waals surface area contributed by atoms with Crippen LogP contribution in [0.4, 0.5) is 0 Å². The second-order valence-corrected chi connectivity index (χ2v) is 7.05. The third-order valence-corrected chi connectivity index (χ3v) is 4.90. The van der Waals surface area contributed by atoms with Crippen LogP contribution >= 0.6 is 7.60 Å². The summed E-state index contributed by atoms with van der Waals surface area (Å²) in [5.74, 6) is -2.00. The molecule has 0 bridgehead atoms. The zero-order valence-electron chi connectivity index (χ0n) is 12.3. The van der Waals surface area contributed by atoms with Crippen LogP contribution in [0.3, 0.4) is 0 Å². The highest BCUT2D eigenvalue weighted by Gasteiger charge is 2.30. The Bertz CT molecular complexity index is 702. The number of hydrogen-bond acceptors (Lipinski definition) is 4. The minimum absolute atomic E-state index is 0.0681. The second kappa shape index (κ2) is 7.42. The molecular weight excluding hydrogens is 317 g/mol. The van der Waals surface area contributed by atoms with Crippen LogP contribution in [0.15, 0.2) is 54.6 Å². The van der Waals surface area contributed by atoms with E-state index in [1.807, 2.05) is 30.3 Å². The number of aryl methyl sites for hydroxylation is 1. The van der Waals surface area contributed by atoms with E-state index in [4.69, 9.17) is 15.4 Å². The zero-order chi connectivity index (χ0) is 16.9. The van der Waals surface area contributed by atoms with Gasteiger partial charge < -0.3 is 20.3 Å². The van der Waals surface area contributed by atoms with Crippen molar-refractivity contribution in [3.63, 3.8) is 0 Å². The molecule has 2 atom stereocenters. The number of carbonyl (C=O) groups is 1. The molecule has 0 amide bonds. The zero-order valence-corrected chi connectivity index (χ0v) is 13.2. The lowest BCUT2D eigenvalue weighted by Gasteiger charge is -2.19. The molecule has 4 N–H and O–H groups in total. The first-order chi connectivity index (χ1) is 10.9. The topological polar surface area (TPSA) is 110 Å². The quantitative estimate of drug-likeness (QED) is 0.671. The Morgan fingerprint density at radius 1 is 1.13 bits per heavy atom. The Morgan fingerprint density at radius 3 is 2.30 bits per heavy atom. The molecule has 0 fully saturated rings. The van der Waals surface area contributed by atoms with E-state index in [0.717, 1.165) is 5.56 Å². The van der Waals surface area contributed by atoms with Crippen molar-refractivity contribution in [1.29, 1.82) is 0 Å². The molecule has 122 valence electrons. The fourth-order valence-electron chi connectivity index (χ4n) is 2.00. The summed E-state index contributed by atoms with van der Waals surface area (Å²) in [7, 11) is -4.05. The molecule has 0 spiro atoms. The lowest BCUT2D eigenvalue weighted by molar-refractivity contribution is 0.0697. The van der Waals surface area contributed by atoms with Gasteiger partial charge in [0, 0.05) is 0 Å². The van der Waals surface area contributed by atoms with Gasteiger partial charge in [0.2, 0.25) is 0 Å². The van der Waals surface area contributed by atoms with E-state index in [-0.39, 0.29) is 11.3 Å². The van der Waals surface area contributed by atoms with Gasteiger partial charge >= 0.3 is 13.6 Å². The summed E-state index contributed by atoms with van der Waals surface area (Å²) in [6.45, 7) is 0. The number of benzene rings is 2. The van der Waals surface area contributed by atoms with Crippen molar-refractivity contribution < 1.29 is 23.9 Å². The van der Waals surface area contributed by atoms with Crippen LogP contribution in [0.1, 0.15) is 22.3 Å². The highest BCUT2D eigenvalue weighted by atomic mass is 31.2. The van der Waals surface area contributed by atoms with Crippen molar-refractivity contribution in [3.05, 3.63) is 65.7 Å². The lowest BCUT2D eigenvalue weighted by Crippen LogP contribution is -2.23. The Morgan fingerprint density at radius 2 is 1.74 bits per heavy atom. The fourth-order valence-corrected chi connectivity index (χ4v) is 3.01. The molecule has 7 heteroatoms. The number of carboxylic acid groups (broad SMARTS) is 1. The number of nitrogens with two attached hydrogens (primary N) is 1. The molecule has 23 heavy (non-hydrogen) atoms. The van der Waals surface area contributed by atoms with Crippen LogP contribution in [-0.4, -0.2) is 21.8 Å². The third-order valence-electron chi connectivity index (χ3n) is 3.33. The van der Waals surface area contributed by atoms with Crippen molar-refractivity contribution in [2.45, 2.75) is 18.6 Å². The summed E-state index contributed by atoms with van der Waals surface area (Å²) in [6.07, 6.45) is 0.860. The van der Waals surface area contributed by atoms with E-state index in [1.54, 1.807) is 0 Å². The average Bonchev–Trinajstić information content (AvgIpc) is 2.53. The summed E-state index contributed by atoms with van der Waals surface area (Å²) in [4.78, 5) is 20.7. The van der Waals surface area contributed by atoms with Crippen LogP contribution in [0.5, 0.6) is 5.75 Å². The summed E-state index contributed by atoms with van der Waals surface area (Å²) in [5.41, 5.74) is 6.88. The molecule has 2 unspecified atom stereocenters. The van der Waals surface area contributed by atoms with Crippen molar-refractivity contribution >= 4 is 13.6 Å². The maximum absolute atomic E-state index is 12.2. The van der Waals surface area contributed by atoms with Gasteiger partial charge in [-0.1, -0.05) is 30.3 Å². The Balaban J connectivity index is 1.97. The monoisotopic (exact) mass is 335 g/mol. The molecule has 0 saturated carbocycles. The largest absolute Gasteiger partial charge is 0.478 e. The lowest BCUT2D eigenvalue weighted by atomic mass is 10.1. The Kier molecular flexibility index (Phi) is 5.55. The first-order valence-corrected chi connectivity index (χ1v) is 8.68. The Labute approximate surface area is 134 Å². The van der Waals surface area contributed by atoms with Crippen molar-refractivity contribution in [2.75, 3.05) is 0 Å². The van der Waals surface area contributed by atoms with Gasteiger partial charge in [0.1, 0.15) is 11.5 Å². The Hall–Kier alpha value is -2.14. The molecule has 0 saturated heterocycles. The third kappa shape index (κ3) is 4.93. The van der Waals surface area contributed by atoms with E-state index in [0.29, 0.717) is 12.8 Å². The number of hydrogen-bond donors (Lipinski definition) is 3. The molecule has 0 heterocycles. The molecule has 2 aromatic rings. The molecule has 0 aromatic heterocycles. The summed E-state index contributed by atoms with van der Waals surface area (Å²) >= 11 is 0. The fraction of sp³-hybridized carbons (Fsp3) is 0.188. The van der Waals surface area contributed by atoms with Crippen LogP contribution in [-0.2, 0) is 11.0 Å². The summed E-state index contributed by atoms with van der Waals surface area (Å²) in [5, 5.41) is 8.81. The van der Waals surface area contributed by atoms with Crippen molar-refractivity contribution in [2.24, 2.45) is 5.73 Å². The molecule has 0 aliphatic heterocycles. The van der Waals surface area contributed by atoms with Gasteiger partial charge in [-0.05, 0) is 42.7 Å². The number of rotatable bonds is 7. The van der Waals surface area contributed by atoms with Crippen molar-refractivity contribution in [1.82, 2.24) is 0 Å². The van der Waals surface area contributed by atoms with Gasteiger partial charge in [0.15, 0.2) is 0 Å². The molecule has 2 rings (SSSR count). The van der Waals surface area contributed by atoms with Crippen LogP contribution < -0.4 is 10.3 Å². The van der Waals surface area contributed by atoms with E-state index in [9.17, 15) is 14.3 Å². The van der Waals surface area contributed by atoms with Gasteiger partial charge in [-0.15, -0.1) is 0 Å². The minimum atomic E-state index is -4.05. The first-order valence-electron chi connectivity index (χ1n) is 7.03. The van der Waals surface area contributed by atoms with Crippen molar-refractivity contribution in [3.8, 4) is 5.75 Å². The SMILES string of the molecule is NC(CCc1ccccc1)P(=O)(O)Oc1ccc(C(=O)O)cc1. The van der Waals surface area contributed by atoms with Gasteiger partial charge in [0.05, 0.1) is 5.56 Å². The van der Waals surface area contributed by atoms with Crippen LogP contribution in [0.2, 0.25) is 0 Å². The standard InChI is InChI=1S/C16H18NO5P/c17-15(11-6-12-4-2-1-3-5-12)23(20,21)22-14-9-7-13(8-10-14)16(18)19/h1-5,7-10,15H,6,11,17H2,(H,18,19)(H,20,21). The average molecular weight is 335 g/mol. The van der Waals surface area contributed by atoms with E-state index in [2.05, 4.69) is 0 Å². The molecule has 6 nitrogen and oxygen atoms in total. The minimum Gasteiger partial charge on any atom is -0.478 e. The van der Waals surface area contributed by atoms with E-state index >= 15 is 0 Å². The highest BCUT2D eigenvalue weighted by molar-refractivity contribution is 7.53. The molecule has 0 aliphatic rings. The first kappa shape index (κ1) is 17.2. The summed E-state index contributed by atoms with van der Waals surface area (Å²) < 4.78 is 17.3. The molecule has 0 aliphatic carbocycles. The predicted octanol–water partition coefficient (Wildman–Crippen LogP) is 2.87. The molecule has 0 radical (unpaired) electrons. The number of aromatic carboxylic acids is 1. The predicted molar refractivity (Wildman–Crippen MR) is 86.6 cm³/mol. The second-order valence-electron chi connectivity index (χ2n) is 5.08. The van der Waals surface area contributed by atoms with Gasteiger partial charge in [-0.25, -0.2) is 9.36 Å². The molecular formula is C16H18NO5P. The van der Waals surface area contributed by atoms with Crippen LogP contribution in [0.25, 0.3) is 0 Å². The van der Waals surface area contributed by atoms with Gasteiger partial charge in [0.25, 0.3) is 0 Å². The summed E-state index contributed by atoms with van der Waals surface area (Å²) in [6, 6.07) is 14.8. The van der Waals surface area contributed by atoms with Gasteiger partial charge in [-0.2, -0.15) is 0 Å². The van der Waals surface area contributed by atoms with Crippen LogP contribution in [0, 0.1) is 0 Å². The van der Waals surface area contributed by atoms with Gasteiger partial charge in [-0.3, -0.25) is 0 Å². The number of carboxylic acids is 1.